The number of hydrogen-bond donors (Lipinski definition) is 1. The van der Waals surface area contributed by atoms with Crippen LogP contribution in [0, 0.1) is 0 Å². The monoisotopic (exact) mass is 285 g/mol. The van der Waals surface area contributed by atoms with Crippen molar-refractivity contribution in [3.8, 4) is 0 Å². The van der Waals surface area contributed by atoms with Gasteiger partial charge in [0, 0.05) is 39.7 Å². The molecule has 118 valence electrons. The number of rotatable bonds is 9. The molecule has 1 aliphatic heterocycles. The summed E-state index contributed by atoms with van der Waals surface area (Å²) in [7, 11) is 1.69. The van der Waals surface area contributed by atoms with Crippen molar-refractivity contribution < 1.29 is 9.53 Å². The van der Waals surface area contributed by atoms with E-state index in [1.807, 2.05) is 11.8 Å². The fourth-order valence-electron chi connectivity index (χ4n) is 2.48. The second-order valence-electron chi connectivity index (χ2n) is 5.66. The van der Waals surface area contributed by atoms with Crippen molar-refractivity contribution >= 4 is 5.91 Å². The Hall–Kier alpha value is -0.650. The van der Waals surface area contributed by atoms with Crippen LogP contribution < -0.4 is 5.73 Å². The summed E-state index contributed by atoms with van der Waals surface area (Å²) in [6.45, 7) is 7.70. The molecule has 5 nitrogen and oxygen atoms in total. The third-order valence-corrected chi connectivity index (χ3v) is 4.07. The lowest BCUT2D eigenvalue weighted by molar-refractivity contribution is -0.133. The average molecular weight is 285 g/mol. The van der Waals surface area contributed by atoms with E-state index in [2.05, 4.69) is 4.90 Å². The summed E-state index contributed by atoms with van der Waals surface area (Å²) in [5.74, 6) is 0.275. The van der Waals surface area contributed by atoms with Gasteiger partial charge < -0.3 is 15.4 Å². The zero-order chi connectivity index (χ0) is 14.8. The predicted octanol–water partition coefficient (Wildman–Crippen LogP) is 1.07. The van der Waals surface area contributed by atoms with Crippen LogP contribution in [0.15, 0.2) is 0 Å². The molecule has 0 bridgehead atoms. The summed E-state index contributed by atoms with van der Waals surface area (Å²) in [6.07, 6.45) is 5.14. The first-order valence-electron chi connectivity index (χ1n) is 7.90. The number of carbonyl (C=O) groups excluding carboxylic acids is 1. The normalized spacial score (nSPS) is 18.2. The van der Waals surface area contributed by atoms with Gasteiger partial charge in [-0.2, -0.15) is 0 Å². The molecule has 1 aliphatic rings. The predicted molar refractivity (Wildman–Crippen MR) is 81.6 cm³/mol. The standard InChI is InChI=1S/C15H31N3O2/c1-14(20-2)6-7-15(19)18-12-10-17(11-13-18)9-5-3-4-8-16/h14H,3-13,16H2,1-2H3. The maximum absolute atomic E-state index is 12.1. The molecule has 1 fully saturated rings. The minimum absolute atomic E-state index is 0.169. The smallest absolute Gasteiger partial charge is 0.222 e. The van der Waals surface area contributed by atoms with E-state index in [0.29, 0.717) is 6.42 Å². The number of methoxy groups -OCH3 is 1. The molecule has 1 heterocycles. The first-order valence-corrected chi connectivity index (χ1v) is 7.90. The Balaban J connectivity index is 2.13. The summed E-state index contributed by atoms with van der Waals surface area (Å²) in [4.78, 5) is 16.5. The number of nitrogens with two attached hydrogens (primary N) is 1. The number of hydrogen-bond acceptors (Lipinski definition) is 4. The Morgan fingerprint density at radius 2 is 1.90 bits per heavy atom. The number of unbranched alkanes of at least 4 members (excludes halogenated alkanes) is 2. The summed E-state index contributed by atoms with van der Waals surface area (Å²) in [6, 6.07) is 0. The number of ether oxygens (including phenoxy) is 1. The van der Waals surface area contributed by atoms with E-state index in [4.69, 9.17) is 10.5 Å². The molecule has 0 saturated carbocycles. The zero-order valence-corrected chi connectivity index (χ0v) is 13.1. The molecule has 1 rings (SSSR count). The van der Waals surface area contributed by atoms with E-state index in [1.54, 1.807) is 7.11 Å². The molecule has 1 unspecified atom stereocenters. The molecule has 0 spiro atoms. The van der Waals surface area contributed by atoms with Gasteiger partial charge in [0.25, 0.3) is 0 Å². The number of nitrogens with zero attached hydrogens (tertiary/aromatic N) is 2. The molecule has 0 aromatic carbocycles. The van der Waals surface area contributed by atoms with Gasteiger partial charge in [0.1, 0.15) is 0 Å². The summed E-state index contributed by atoms with van der Waals surface area (Å²) in [5.41, 5.74) is 5.49. The van der Waals surface area contributed by atoms with Gasteiger partial charge in [0.05, 0.1) is 6.10 Å². The molecule has 0 aromatic heterocycles. The molecule has 20 heavy (non-hydrogen) atoms. The van der Waals surface area contributed by atoms with Crippen molar-refractivity contribution in [3.63, 3.8) is 0 Å². The van der Waals surface area contributed by atoms with E-state index in [0.717, 1.165) is 52.1 Å². The Morgan fingerprint density at radius 3 is 2.50 bits per heavy atom. The van der Waals surface area contributed by atoms with Crippen LogP contribution in [0.5, 0.6) is 0 Å². The lowest BCUT2D eigenvalue weighted by Gasteiger charge is -2.35. The summed E-state index contributed by atoms with van der Waals surface area (Å²) < 4.78 is 5.18. The third kappa shape index (κ3) is 6.68. The van der Waals surface area contributed by atoms with Crippen LogP contribution in [0.25, 0.3) is 0 Å². The SMILES string of the molecule is COC(C)CCC(=O)N1CCN(CCCCCN)CC1. The highest BCUT2D eigenvalue weighted by Gasteiger charge is 2.20. The number of carbonyl (C=O) groups is 1. The van der Waals surface area contributed by atoms with Gasteiger partial charge in [0.2, 0.25) is 5.91 Å². The van der Waals surface area contributed by atoms with Crippen molar-refractivity contribution in [2.24, 2.45) is 5.73 Å². The lowest BCUT2D eigenvalue weighted by atomic mass is 10.2. The molecule has 2 N–H and O–H groups in total. The lowest BCUT2D eigenvalue weighted by Crippen LogP contribution is -2.48. The summed E-state index contributed by atoms with van der Waals surface area (Å²) >= 11 is 0. The van der Waals surface area contributed by atoms with Crippen LogP contribution in [-0.4, -0.2) is 68.2 Å². The first-order chi connectivity index (χ1) is 9.67. The second kappa shape index (κ2) is 10.1. The highest BCUT2D eigenvalue weighted by atomic mass is 16.5. The van der Waals surface area contributed by atoms with Gasteiger partial charge in [-0.05, 0) is 39.3 Å². The van der Waals surface area contributed by atoms with Crippen LogP contribution >= 0.6 is 0 Å². The largest absolute Gasteiger partial charge is 0.382 e. The van der Waals surface area contributed by atoms with Gasteiger partial charge in [-0.3, -0.25) is 9.69 Å². The Bertz CT molecular complexity index is 266. The molecule has 0 aliphatic carbocycles. The van der Waals surface area contributed by atoms with Gasteiger partial charge in [-0.15, -0.1) is 0 Å². The molecular weight excluding hydrogens is 254 g/mol. The highest BCUT2D eigenvalue weighted by Crippen LogP contribution is 2.08. The van der Waals surface area contributed by atoms with E-state index < -0.39 is 0 Å². The Labute approximate surface area is 123 Å². The Kier molecular flexibility index (Phi) is 8.82. The zero-order valence-electron chi connectivity index (χ0n) is 13.1. The fourth-order valence-corrected chi connectivity index (χ4v) is 2.48. The van der Waals surface area contributed by atoms with Gasteiger partial charge in [0.15, 0.2) is 0 Å². The maximum Gasteiger partial charge on any atom is 0.222 e. The summed E-state index contributed by atoms with van der Waals surface area (Å²) in [5, 5.41) is 0. The van der Waals surface area contributed by atoms with Crippen molar-refractivity contribution in [1.82, 2.24) is 9.80 Å². The minimum Gasteiger partial charge on any atom is -0.382 e. The fraction of sp³-hybridized carbons (Fsp3) is 0.933. The molecule has 1 atom stereocenters. The van der Waals surface area contributed by atoms with Crippen molar-refractivity contribution in [1.29, 1.82) is 0 Å². The van der Waals surface area contributed by atoms with Crippen LogP contribution in [0.1, 0.15) is 39.0 Å². The van der Waals surface area contributed by atoms with Crippen LogP contribution in [0.2, 0.25) is 0 Å². The van der Waals surface area contributed by atoms with Gasteiger partial charge in [-0.1, -0.05) is 6.42 Å². The van der Waals surface area contributed by atoms with E-state index in [-0.39, 0.29) is 12.0 Å². The van der Waals surface area contributed by atoms with Crippen molar-refractivity contribution in [2.75, 3.05) is 46.4 Å². The van der Waals surface area contributed by atoms with Crippen LogP contribution in [0.4, 0.5) is 0 Å². The first kappa shape index (κ1) is 17.4. The topological polar surface area (TPSA) is 58.8 Å². The van der Waals surface area contributed by atoms with Crippen molar-refractivity contribution in [2.45, 2.75) is 45.1 Å². The molecule has 5 heteroatoms. The molecule has 0 aromatic rings. The maximum atomic E-state index is 12.1. The second-order valence-corrected chi connectivity index (χ2v) is 5.66. The van der Waals surface area contributed by atoms with Crippen molar-refractivity contribution in [3.05, 3.63) is 0 Å². The van der Waals surface area contributed by atoms with Crippen LogP contribution in [0.3, 0.4) is 0 Å². The van der Waals surface area contributed by atoms with E-state index >= 15 is 0 Å². The average Bonchev–Trinajstić information content (AvgIpc) is 2.49. The van der Waals surface area contributed by atoms with E-state index in [9.17, 15) is 4.79 Å². The number of amides is 1. The van der Waals surface area contributed by atoms with Crippen LogP contribution in [-0.2, 0) is 9.53 Å². The van der Waals surface area contributed by atoms with E-state index in [1.165, 1.54) is 12.8 Å². The molecular formula is C15H31N3O2. The third-order valence-electron chi connectivity index (χ3n) is 4.07. The Morgan fingerprint density at radius 1 is 1.20 bits per heavy atom. The molecule has 0 radical (unpaired) electrons. The quantitative estimate of drug-likeness (QED) is 0.644. The van der Waals surface area contributed by atoms with Gasteiger partial charge >= 0.3 is 0 Å². The van der Waals surface area contributed by atoms with Gasteiger partial charge in [-0.25, -0.2) is 0 Å². The molecule has 1 amide bonds. The number of piperazine rings is 1. The molecule has 1 saturated heterocycles. The minimum atomic E-state index is 0.169. The highest BCUT2D eigenvalue weighted by molar-refractivity contribution is 5.76.